The van der Waals surface area contributed by atoms with E-state index in [0.717, 1.165) is 17.1 Å². The first-order chi connectivity index (χ1) is 10.6. The first kappa shape index (κ1) is 15.4. The third kappa shape index (κ3) is 3.44. The van der Waals surface area contributed by atoms with E-state index in [1.807, 2.05) is 18.2 Å². The molecular formula is C16H23N3O2S. The minimum atomic E-state index is 0.302. The number of nitrogens with zero attached hydrogens (tertiary/aromatic N) is 1. The second-order valence-corrected chi connectivity index (χ2v) is 6.43. The maximum Gasteiger partial charge on any atom is 0.231 e. The van der Waals surface area contributed by atoms with Crippen LogP contribution in [0, 0.1) is 0 Å². The van der Waals surface area contributed by atoms with Gasteiger partial charge in [0.15, 0.2) is 16.6 Å². The molecule has 1 fully saturated rings. The van der Waals surface area contributed by atoms with Gasteiger partial charge in [-0.15, -0.1) is 0 Å². The van der Waals surface area contributed by atoms with Gasteiger partial charge in [0, 0.05) is 18.6 Å². The van der Waals surface area contributed by atoms with Crippen molar-refractivity contribution >= 4 is 17.3 Å². The Hall–Kier alpha value is -1.53. The highest BCUT2D eigenvalue weighted by Gasteiger charge is 2.25. The fourth-order valence-electron chi connectivity index (χ4n) is 3.03. The van der Waals surface area contributed by atoms with Crippen molar-refractivity contribution in [3.05, 3.63) is 23.8 Å². The minimum absolute atomic E-state index is 0.302. The van der Waals surface area contributed by atoms with Crippen molar-refractivity contribution in [1.29, 1.82) is 0 Å². The van der Waals surface area contributed by atoms with Crippen LogP contribution < -0.4 is 20.2 Å². The summed E-state index contributed by atoms with van der Waals surface area (Å²) in [7, 11) is 0. The molecule has 1 aromatic carbocycles. The van der Waals surface area contributed by atoms with Crippen molar-refractivity contribution in [3.63, 3.8) is 0 Å². The number of thiocarbonyl (C=S) groups is 1. The molecule has 3 rings (SSSR count). The molecule has 1 saturated heterocycles. The lowest BCUT2D eigenvalue weighted by molar-refractivity contribution is 0.0736. The number of nitrogens with one attached hydrogen (secondary N) is 2. The molecule has 0 radical (unpaired) electrons. The second kappa shape index (κ2) is 6.71. The van der Waals surface area contributed by atoms with Crippen LogP contribution in [-0.4, -0.2) is 29.0 Å². The maximum absolute atomic E-state index is 5.42. The van der Waals surface area contributed by atoms with Gasteiger partial charge in [-0.3, -0.25) is 5.43 Å². The number of piperidine rings is 1. The predicted molar refractivity (Wildman–Crippen MR) is 89.8 cm³/mol. The molecular weight excluding hydrogens is 298 g/mol. The predicted octanol–water partition coefficient (Wildman–Crippen LogP) is 2.56. The molecule has 5 nitrogen and oxygen atoms in total. The molecule has 0 bridgehead atoms. The Morgan fingerprint density at radius 3 is 2.73 bits per heavy atom. The molecule has 0 unspecified atom stereocenters. The Balaban J connectivity index is 1.52. The Bertz CT molecular complexity index is 542. The molecule has 120 valence electrons. The summed E-state index contributed by atoms with van der Waals surface area (Å²) >= 11 is 5.42. The maximum atomic E-state index is 5.42. The molecule has 2 aliphatic heterocycles. The van der Waals surface area contributed by atoms with Crippen molar-refractivity contribution in [2.45, 2.75) is 51.7 Å². The molecule has 0 amide bonds. The van der Waals surface area contributed by atoms with E-state index in [2.05, 4.69) is 29.6 Å². The number of ether oxygens (including phenoxy) is 2. The van der Waals surface area contributed by atoms with E-state index in [9.17, 15) is 0 Å². The molecule has 22 heavy (non-hydrogen) atoms. The number of benzene rings is 1. The van der Waals surface area contributed by atoms with Crippen LogP contribution in [0.5, 0.6) is 11.5 Å². The third-order valence-corrected chi connectivity index (χ3v) is 4.55. The highest BCUT2D eigenvalue weighted by molar-refractivity contribution is 7.80. The summed E-state index contributed by atoms with van der Waals surface area (Å²) in [5.41, 5.74) is 4.46. The van der Waals surface area contributed by atoms with Crippen molar-refractivity contribution in [3.8, 4) is 11.5 Å². The monoisotopic (exact) mass is 321 g/mol. The van der Waals surface area contributed by atoms with Crippen LogP contribution in [0.25, 0.3) is 0 Å². The van der Waals surface area contributed by atoms with Crippen LogP contribution in [0.1, 0.15) is 38.7 Å². The Kier molecular flexibility index (Phi) is 4.69. The van der Waals surface area contributed by atoms with Crippen LogP contribution in [-0.2, 0) is 6.54 Å². The molecule has 0 aliphatic carbocycles. The Morgan fingerprint density at radius 2 is 1.95 bits per heavy atom. The van der Waals surface area contributed by atoms with E-state index >= 15 is 0 Å². The SMILES string of the molecule is C[C@H]1CCC[C@H](C)N1NC(=S)NCc1ccc2c(c1)OCO2. The zero-order valence-corrected chi connectivity index (χ0v) is 13.9. The van der Waals surface area contributed by atoms with E-state index in [-0.39, 0.29) is 0 Å². The van der Waals surface area contributed by atoms with Gasteiger partial charge in [0.25, 0.3) is 0 Å². The van der Waals surface area contributed by atoms with Gasteiger partial charge in [-0.05, 0) is 56.6 Å². The van der Waals surface area contributed by atoms with Crippen molar-refractivity contribution in [2.24, 2.45) is 0 Å². The van der Waals surface area contributed by atoms with Gasteiger partial charge in [-0.25, -0.2) is 5.01 Å². The quantitative estimate of drug-likeness (QED) is 0.834. The van der Waals surface area contributed by atoms with E-state index in [0.29, 0.717) is 30.5 Å². The zero-order valence-electron chi connectivity index (χ0n) is 13.1. The number of rotatable bonds is 3. The van der Waals surface area contributed by atoms with E-state index < -0.39 is 0 Å². The van der Waals surface area contributed by atoms with Crippen molar-refractivity contribution in [2.75, 3.05) is 6.79 Å². The highest BCUT2D eigenvalue weighted by atomic mass is 32.1. The van der Waals surface area contributed by atoms with E-state index in [4.69, 9.17) is 21.7 Å². The van der Waals surface area contributed by atoms with Gasteiger partial charge in [-0.2, -0.15) is 0 Å². The smallest absolute Gasteiger partial charge is 0.231 e. The summed E-state index contributed by atoms with van der Waals surface area (Å²) < 4.78 is 10.7. The summed E-state index contributed by atoms with van der Waals surface area (Å²) in [4.78, 5) is 0. The molecule has 2 heterocycles. The van der Waals surface area contributed by atoms with Crippen molar-refractivity contribution < 1.29 is 9.47 Å². The molecule has 2 atom stereocenters. The van der Waals surface area contributed by atoms with Gasteiger partial charge >= 0.3 is 0 Å². The first-order valence-electron chi connectivity index (χ1n) is 7.85. The second-order valence-electron chi connectivity index (χ2n) is 6.02. The van der Waals surface area contributed by atoms with E-state index in [1.54, 1.807) is 0 Å². The van der Waals surface area contributed by atoms with Gasteiger partial charge in [-0.1, -0.05) is 12.5 Å². The van der Waals surface area contributed by atoms with Gasteiger partial charge in [0.05, 0.1) is 0 Å². The lowest BCUT2D eigenvalue weighted by Crippen LogP contribution is -2.56. The van der Waals surface area contributed by atoms with Crippen LogP contribution in [0.2, 0.25) is 0 Å². The standard InChI is InChI=1S/C16H23N3O2S/c1-11-4-3-5-12(2)19(11)18-16(22)17-9-13-6-7-14-15(8-13)21-10-20-14/h6-8,11-12H,3-5,9-10H2,1-2H3,(H2,17,18,22)/t11-,12-/m0/s1. The van der Waals surface area contributed by atoms with Crippen LogP contribution in [0.15, 0.2) is 18.2 Å². The molecule has 1 aromatic rings. The topological polar surface area (TPSA) is 45.8 Å². The van der Waals surface area contributed by atoms with Gasteiger partial charge < -0.3 is 14.8 Å². The number of fused-ring (bicyclic) bond motifs is 1. The lowest BCUT2D eigenvalue weighted by Gasteiger charge is -2.39. The fraction of sp³-hybridized carbons (Fsp3) is 0.562. The molecule has 6 heteroatoms. The average molecular weight is 321 g/mol. The fourth-order valence-corrected chi connectivity index (χ4v) is 3.21. The van der Waals surface area contributed by atoms with Crippen LogP contribution in [0.3, 0.4) is 0 Å². The summed E-state index contributed by atoms with van der Waals surface area (Å²) in [6.45, 7) is 5.45. The third-order valence-electron chi connectivity index (χ3n) is 4.31. The molecule has 2 aliphatic rings. The van der Waals surface area contributed by atoms with Gasteiger partial charge in [0.2, 0.25) is 6.79 Å². The lowest BCUT2D eigenvalue weighted by atomic mass is 10.00. The Labute approximate surface area is 136 Å². The minimum Gasteiger partial charge on any atom is -0.454 e. The highest BCUT2D eigenvalue weighted by Crippen LogP contribution is 2.32. The number of hydrazine groups is 1. The molecule has 0 saturated carbocycles. The molecule has 0 spiro atoms. The zero-order chi connectivity index (χ0) is 15.5. The number of hydrogen-bond donors (Lipinski definition) is 2. The molecule has 0 aromatic heterocycles. The van der Waals surface area contributed by atoms with Crippen LogP contribution >= 0.6 is 12.2 Å². The Morgan fingerprint density at radius 1 is 1.23 bits per heavy atom. The molecule has 2 N–H and O–H groups in total. The normalized spacial score (nSPS) is 24.1. The van der Waals surface area contributed by atoms with Crippen molar-refractivity contribution in [1.82, 2.24) is 15.8 Å². The summed E-state index contributed by atoms with van der Waals surface area (Å²) in [6.07, 6.45) is 3.71. The van der Waals surface area contributed by atoms with Crippen LogP contribution in [0.4, 0.5) is 0 Å². The largest absolute Gasteiger partial charge is 0.454 e. The summed E-state index contributed by atoms with van der Waals surface area (Å²) in [5.74, 6) is 1.61. The summed E-state index contributed by atoms with van der Waals surface area (Å²) in [5, 5.41) is 6.19. The average Bonchev–Trinajstić information content (AvgIpc) is 2.96. The van der Waals surface area contributed by atoms with E-state index in [1.165, 1.54) is 19.3 Å². The number of hydrogen-bond acceptors (Lipinski definition) is 4. The summed E-state index contributed by atoms with van der Waals surface area (Å²) in [6, 6.07) is 6.97. The van der Waals surface area contributed by atoms with Gasteiger partial charge in [0.1, 0.15) is 0 Å². The first-order valence-corrected chi connectivity index (χ1v) is 8.25.